The van der Waals surface area contributed by atoms with E-state index in [9.17, 15) is 4.79 Å². The third-order valence-corrected chi connectivity index (χ3v) is 5.11. The van der Waals surface area contributed by atoms with Crippen LogP contribution in [0.1, 0.15) is 23.8 Å². The van der Waals surface area contributed by atoms with Gasteiger partial charge in [-0.05, 0) is 36.4 Å². The summed E-state index contributed by atoms with van der Waals surface area (Å²) >= 11 is 1.79. The van der Waals surface area contributed by atoms with E-state index in [1.807, 2.05) is 24.3 Å². The first-order chi connectivity index (χ1) is 10.3. The minimum absolute atomic E-state index is 0.270. The molecule has 1 atom stereocenters. The number of hydrogen-bond acceptors (Lipinski definition) is 4. The summed E-state index contributed by atoms with van der Waals surface area (Å²) in [6.45, 7) is 1.62. The maximum atomic E-state index is 12.1. The van der Waals surface area contributed by atoms with Crippen molar-refractivity contribution in [3.63, 3.8) is 0 Å². The minimum Gasteiger partial charge on any atom is -0.408 e. The largest absolute Gasteiger partial charge is 0.421 e. The molecule has 1 aliphatic rings. The zero-order valence-electron chi connectivity index (χ0n) is 11.6. The van der Waals surface area contributed by atoms with Crippen molar-refractivity contribution in [3.8, 4) is 0 Å². The average molecular weight is 300 g/mol. The van der Waals surface area contributed by atoms with Gasteiger partial charge in [-0.25, -0.2) is 4.79 Å². The summed E-state index contributed by atoms with van der Waals surface area (Å²) in [5, 5.41) is 2.12. The number of likely N-dealkylation sites (tertiary alicyclic amines) is 1. The van der Waals surface area contributed by atoms with Crippen LogP contribution in [0.2, 0.25) is 0 Å². The lowest BCUT2D eigenvalue weighted by Crippen LogP contribution is -2.30. The van der Waals surface area contributed by atoms with Crippen LogP contribution in [0.4, 0.5) is 0 Å². The SMILES string of the molecule is O=c1oc2ccccc2n1CN1CCC[C@H]1c1cccs1. The molecule has 1 aromatic carbocycles. The number of nitrogens with zero attached hydrogens (tertiary/aromatic N) is 2. The first-order valence-electron chi connectivity index (χ1n) is 7.19. The molecular formula is C16H16N2O2S. The lowest BCUT2D eigenvalue weighted by atomic mass is 10.2. The molecule has 108 valence electrons. The summed E-state index contributed by atoms with van der Waals surface area (Å²) in [6.07, 6.45) is 2.33. The van der Waals surface area contributed by atoms with Crippen molar-refractivity contribution in [3.05, 3.63) is 57.2 Å². The van der Waals surface area contributed by atoms with E-state index in [1.54, 1.807) is 15.9 Å². The molecule has 0 bridgehead atoms. The number of benzene rings is 1. The summed E-state index contributed by atoms with van der Waals surface area (Å²) < 4.78 is 7.06. The van der Waals surface area contributed by atoms with Crippen molar-refractivity contribution in [1.29, 1.82) is 0 Å². The van der Waals surface area contributed by atoms with Gasteiger partial charge >= 0.3 is 5.76 Å². The fourth-order valence-electron chi connectivity index (χ4n) is 3.13. The van der Waals surface area contributed by atoms with Crippen LogP contribution in [0.25, 0.3) is 11.1 Å². The fourth-order valence-corrected chi connectivity index (χ4v) is 4.02. The van der Waals surface area contributed by atoms with E-state index in [0.29, 0.717) is 18.3 Å². The van der Waals surface area contributed by atoms with Gasteiger partial charge in [0.05, 0.1) is 12.2 Å². The first kappa shape index (κ1) is 12.9. The summed E-state index contributed by atoms with van der Waals surface area (Å²) in [4.78, 5) is 15.8. The normalized spacial score (nSPS) is 19.5. The van der Waals surface area contributed by atoms with Crippen LogP contribution in [0.15, 0.2) is 51.0 Å². The monoisotopic (exact) mass is 300 g/mol. The van der Waals surface area contributed by atoms with E-state index in [0.717, 1.165) is 18.5 Å². The smallest absolute Gasteiger partial charge is 0.408 e. The molecule has 1 saturated heterocycles. The Bertz CT molecular complexity index is 803. The van der Waals surface area contributed by atoms with Gasteiger partial charge in [-0.1, -0.05) is 18.2 Å². The van der Waals surface area contributed by atoms with Crippen LogP contribution in [0.5, 0.6) is 0 Å². The summed E-state index contributed by atoms with van der Waals surface area (Å²) in [5.41, 5.74) is 1.54. The highest BCUT2D eigenvalue weighted by molar-refractivity contribution is 7.10. The van der Waals surface area contributed by atoms with Gasteiger partial charge in [-0.15, -0.1) is 11.3 Å². The van der Waals surface area contributed by atoms with E-state index in [-0.39, 0.29) is 5.76 Å². The Hall–Kier alpha value is -1.85. The second kappa shape index (κ2) is 5.16. The molecule has 0 aliphatic carbocycles. The number of aromatic nitrogens is 1. The van der Waals surface area contributed by atoms with Crippen LogP contribution in [0.3, 0.4) is 0 Å². The maximum Gasteiger partial charge on any atom is 0.421 e. The van der Waals surface area contributed by atoms with Gasteiger partial charge in [0.1, 0.15) is 0 Å². The van der Waals surface area contributed by atoms with Crippen LogP contribution >= 0.6 is 11.3 Å². The molecule has 4 rings (SSSR count). The number of oxazole rings is 1. The number of hydrogen-bond donors (Lipinski definition) is 0. The van der Waals surface area contributed by atoms with Crippen LogP contribution in [0, 0.1) is 0 Å². The number of fused-ring (bicyclic) bond motifs is 1. The van der Waals surface area contributed by atoms with Crippen molar-refractivity contribution in [2.75, 3.05) is 6.54 Å². The highest BCUT2D eigenvalue weighted by Gasteiger charge is 2.27. The van der Waals surface area contributed by atoms with E-state index in [4.69, 9.17) is 4.42 Å². The Morgan fingerprint density at radius 2 is 2.14 bits per heavy atom. The molecule has 0 radical (unpaired) electrons. The van der Waals surface area contributed by atoms with Gasteiger partial charge in [0, 0.05) is 17.5 Å². The first-order valence-corrected chi connectivity index (χ1v) is 8.07. The molecule has 21 heavy (non-hydrogen) atoms. The molecule has 0 spiro atoms. The quantitative estimate of drug-likeness (QED) is 0.743. The molecule has 0 unspecified atom stereocenters. The Labute approximate surface area is 126 Å². The van der Waals surface area contributed by atoms with Gasteiger partial charge in [0.25, 0.3) is 0 Å². The third-order valence-electron chi connectivity index (χ3n) is 4.13. The molecular weight excluding hydrogens is 284 g/mol. The van der Waals surface area contributed by atoms with Crippen molar-refractivity contribution in [2.24, 2.45) is 0 Å². The van der Waals surface area contributed by atoms with E-state index in [2.05, 4.69) is 22.4 Å². The van der Waals surface area contributed by atoms with Crippen molar-refractivity contribution in [2.45, 2.75) is 25.6 Å². The lowest BCUT2D eigenvalue weighted by molar-refractivity contribution is 0.200. The summed E-state index contributed by atoms with van der Waals surface area (Å²) in [7, 11) is 0. The highest BCUT2D eigenvalue weighted by atomic mass is 32.1. The molecule has 0 saturated carbocycles. The second-order valence-electron chi connectivity index (χ2n) is 5.39. The summed E-state index contributed by atoms with van der Waals surface area (Å²) in [6, 6.07) is 12.3. The van der Waals surface area contributed by atoms with Gasteiger partial charge in [0.2, 0.25) is 0 Å². The molecule has 0 amide bonds. The molecule has 2 aromatic heterocycles. The van der Waals surface area contributed by atoms with Crippen LogP contribution < -0.4 is 5.76 Å². The number of para-hydroxylation sites is 2. The highest BCUT2D eigenvalue weighted by Crippen LogP contribution is 2.34. The molecule has 3 aromatic rings. The average Bonchev–Trinajstić information content (AvgIpc) is 3.20. The summed E-state index contributed by atoms with van der Waals surface area (Å²) in [5.74, 6) is -0.270. The second-order valence-corrected chi connectivity index (χ2v) is 6.37. The third kappa shape index (κ3) is 2.22. The fraction of sp³-hybridized carbons (Fsp3) is 0.312. The van der Waals surface area contributed by atoms with Gasteiger partial charge in [0.15, 0.2) is 5.58 Å². The van der Waals surface area contributed by atoms with E-state index < -0.39 is 0 Å². The Morgan fingerprint density at radius 3 is 3.00 bits per heavy atom. The molecule has 4 nitrogen and oxygen atoms in total. The lowest BCUT2D eigenvalue weighted by Gasteiger charge is -2.23. The predicted molar refractivity (Wildman–Crippen MR) is 83.5 cm³/mol. The van der Waals surface area contributed by atoms with Gasteiger partial charge < -0.3 is 4.42 Å². The van der Waals surface area contributed by atoms with Crippen molar-refractivity contribution < 1.29 is 4.42 Å². The number of rotatable bonds is 3. The number of thiophene rings is 1. The minimum atomic E-state index is -0.270. The molecule has 3 heterocycles. The Morgan fingerprint density at radius 1 is 1.24 bits per heavy atom. The maximum absolute atomic E-state index is 12.1. The van der Waals surface area contributed by atoms with E-state index >= 15 is 0 Å². The van der Waals surface area contributed by atoms with Crippen molar-refractivity contribution >= 4 is 22.4 Å². The van der Waals surface area contributed by atoms with Gasteiger partial charge in [-0.2, -0.15) is 0 Å². The van der Waals surface area contributed by atoms with Crippen LogP contribution in [-0.2, 0) is 6.67 Å². The zero-order valence-corrected chi connectivity index (χ0v) is 12.4. The zero-order chi connectivity index (χ0) is 14.2. The Balaban J connectivity index is 1.68. The molecule has 5 heteroatoms. The van der Waals surface area contributed by atoms with Gasteiger partial charge in [-0.3, -0.25) is 9.47 Å². The topological polar surface area (TPSA) is 38.4 Å². The molecule has 1 aliphatic heterocycles. The van der Waals surface area contributed by atoms with Crippen LogP contribution in [-0.4, -0.2) is 16.0 Å². The molecule has 1 fully saturated rings. The predicted octanol–water partition coefficient (Wildman–Crippen LogP) is 3.45. The van der Waals surface area contributed by atoms with Crippen molar-refractivity contribution in [1.82, 2.24) is 9.47 Å². The Kier molecular flexibility index (Phi) is 3.16. The molecule has 0 N–H and O–H groups in total. The van der Waals surface area contributed by atoms with E-state index in [1.165, 1.54) is 11.3 Å². The standard InChI is InChI=1S/C16H16N2O2S/c19-16-18(12-5-1-2-7-14(12)20-16)11-17-9-3-6-13(17)15-8-4-10-21-15/h1-2,4-5,7-8,10,13H,3,6,9,11H2/t13-/m0/s1.